The van der Waals surface area contributed by atoms with Gasteiger partial charge in [0.05, 0.1) is 13.5 Å². The lowest BCUT2D eigenvalue weighted by Gasteiger charge is -2.29. The largest absolute Gasteiger partial charge is 0.493 e. The smallest absolute Gasteiger partial charge is 0.467 e. The number of esters is 1. The summed E-state index contributed by atoms with van der Waals surface area (Å²) in [5, 5.41) is 7.90. The molecule has 190 valence electrons. The highest BCUT2D eigenvalue weighted by molar-refractivity contribution is 6.61. The molecule has 1 fully saturated rings. The van der Waals surface area contributed by atoms with Crippen LogP contribution in [0.1, 0.15) is 17.5 Å². The second-order valence-corrected chi connectivity index (χ2v) is 8.41. The van der Waals surface area contributed by atoms with Gasteiger partial charge in [0.1, 0.15) is 18.1 Å². The molecular formula is C25H30BN3O7. The highest BCUT2D eigenvalue weighted by Crippen LogP contribution is 2.10. The number of rotatable bonds is 11. The maximum Gasteiger partial charge on any atom is 0.493 e. The molecule has 3 amide bonds. The molecule has 1 heterocycles. The summed E-state index contributed by atoms with van der Waals surface area (Å²) in [6.07, 6.45) is 0.202. The number of methoxy groups -OCH3 is 1. The first-order valence-corrected chi connectivity index (χ1v) is 11.5. The van der Waals surface area contributed by atoms with Crippen LogP contribution in [-0.4, -0.2) is 70.3 Å². The van der Waals surface area contributed by atoms with E-state index in [0.717, 1.165) is 16.6 Å². The third-order valence-corrected chi connectivity index (χ3v) is 5.88. The van der Waals surface area contributed by atoms with Crippen molar-refractivity contribution in [2.45, 2.75) is 37.4 Å². The Hall–Kier alpha value is -3.70. The Morgan fingerprint density at radius 1 is 0.889 bits per heavy atom. The SMILES string of the molecule is COB(OC)c1ccc(C[C@@H](NC(=O)C[C@@H]2NC(=O)[C@H](Cc3ccccc3)NC2=O)C(=O)OC)cc1. The van der Waals surface area contributed by atoms with Crippen molar-refractivity contribution in [2.24, 2.45) is 0 Å². The van der Waals surface area contributed by atoms with Gasteiger partial charge in [-0.25, -0.2) is 4.79 Å². The Balaban J connectivity index is 1.58. The molecule has 0 bridgehead atoms. The standard InChI is InChI=1S/C25H30BN3O7/c1-34-25(33)21(14-17-9-11-18(12-10-17)26(35-2)36-3)27-22(30)15-20-24(32)28-19(23(31)29-20)13-16-7-5-4-6-8-16/h4-12,19-21H,13-15H2,1-3H3,(H,27,30)(H,28,32)(H,29,31)/t19-,20-,21+/m0/s1. The number of amides is 3. The van der Waals surface area contributed by atoms with E-state index in [1.54, 1.807) is 24.3 Å². The van der Waals surface area contributed by atoms with Gasteiger partial charge in [0, 0.05) is 27.1 Å². The molecule has 2 aromatic rings. The van der Waals surface area contributed by atoms with Crippen LogP contribution in [0.3, 0.4) is 0 Å². The maximum absolute atomic E-state index is 12.7. The molecule has 0 saturated carbocycles. The molecule has 36 heavy (non-hydrogen) atoms. The minimum absolute atomic E-state index is 0.172. The second kappa shape index (κ2) is 12.8. The first-order valence-electron chi connectivity index (χ1n) is 11.5. The van der Waals surface area contributed by atoms with E-state index < -0.39 is 43.0 Å². The van der Waals surface area contributed by atoms with Gasteiger partial charge in [-0.15, -0.1) is 0 Å². The Bertz CT molecular complexity index is 1060. The zero-order valence-electron chi connectivity index (χ0n) is 20.5. The number of benzene rings is 2. The molecule has 3 rings (SSSR count). The Morgan fingerprint density at radius 2 is 1.50 bits per heavy atom. The van der Waals surface area contributed by atoms with Gasteiger partial charge in [0.2, 0.25) is 17.7 Å². The highest BCUT2D eigenvalue weighted by Gasteiger charge is 2.35. The summed E-state index contributed by atoms with van der Waals surface area (Å²) in [5.41, 5.74) is 2.47. The van der Waals surface area contributed by atoms with Gasteiger partial charge in [0.25, 0.3) is 0 Å². The first-order chi connectivity index (χ1) is 17.3. The molecule has 0 spiro atoms. The fraction of sp³-hybridized carbons (Fsp3) is 0.360. The molecule has 2 aromatic carbocycles. The van der Waals surface area contributed by atoms with Crippen LogP contribution in [-0.2, 0) is 46.1 Å². The Morgan fingerprint density at radius 3 is 2.11 bits per heavy atom. The fourth-order valence-corrected chi connectivity index (χ4v) is 4.00. The molecule has 1 aliphatic heterocycles. The molecule has 3 N–H and O–H groups in total. The summed E-state index contributed by atoms with van der Waals surface area (Å²) in [6.45, 7) is 0. The van der Waals surface area contributed by atoms with Crippen molar-refractivity contribution >= 4 is 36.3 Å². The van der Waals surface area contributed by atoms with E-state index in [1.165, 1.54) is 21.3 Å². The molecule has 1 saturated heterocycles. The van der Waals surface area contributed by atoms with E-state index in [2.05, 4.69) is 16.0 Å². The summed E-state index contributed by atoms with van der Waals surface area (Å²) < 4.78 is 15.3. The van der Waals surface area contributed by atoms with Gasteiger partial charge >= 0.3 is 13.1 Å². The molecule has 10 nitrogen and oxygen atoms in total. The topological polar surface area (TPSA) is 132 Å². The molecule has 1 aliphatic rings. The van der Waals surface area contributed by atoms with Crippen LogP contribution < -0.4 is 21.4 Å². The zero-order valence-corrected chi connectivity index (χ0v) is 20.5. The fourth-order valence-electron chi connectivity index (χ4n) is 4.00. The normalized spacial score (nSPS) is 18.0. The van der Waals surface area contributed by atoms with Gasteiger partial charge in [-0.3, -0.25) is 14.4 Å². The molecule has 0 aliphatic carbocycles. The van der Waals surface area contributed by atoms with Crippen LogP contribution >= 0.6 is 0 Å². The van der Waals surface area contributed by atoms with Crippen molar-refractivity contribution in [3.05, 3.63) is 65.7 Å². The van der Waals surface area contributed by atoms with Crippen LogP contribution in [0.25, 0.3) is 0 Å². The number of nitrogens with one attached hydrogen (secondary N) is 3. The lowest BCUT2D eigenvalue weighted by molar-refractivity contribution is -0.145. The predicted octanol–water partition coefficient (Wildman–Crippen LogP) is -0.509. The number of hydrogen-bond acceptors (Lipinski definition) is 7. The average Bonchev–Trinajstić information content (AvgIpc) is 2.88. The molecule has 0 aromatic heterocycles. The number of piperazine rings is 1. The van der Waals surface area contributed by atoms with Gasteiger partial charge < -0.3 is 30.0 Å². The van der Waals surface area contributed by atoms with Crippen molar-refractivity contribution in [1.29, 1.82) is 0 Å². The van der Waals surface area contributed by atoms with E-state index in [1.807, 2.05) is 30.3 Å². The second-order valence-electron chi connectivity index (χ2n) is 8.41. The van der Waals surface area contributed by atoms with Gasteiger partial charge in [-0.05, 0) is 16.6 Å². The Kier molecular flexibility index (Phi) is 9.60. The number of carbonyl (C=O) groups excluding carboxylic acids is 4. The molecular weight excluding hydrogens is 465 g/mol. The minimum Gasteiger partial charge on any atom is -0.467 e. The summed E-state index contributed by atoms with van der Waals surface area (Å²) in [4.78, 5) is 50.1. The number of carbonyl (C=O) groups is 4. The Labute approximate surface area is 210 Å². The van der Waals surface area contributed by atoms with Crippen molar-refractivity contribution < 1.29 is 33.2 Å². The van der Waals surface area contributed by atoms with Crippen LogP contribution in [0.2, 0.25) is 0 Å². The lowest BCUT2D eigenvalue weighted by atomic mass is 9.78. The summed E-state index contributed by atoms with van der Waals surface area (Å²) in [6, 6.07) is 13.8. The van der Waals surface area contributed by atoms with Crippen LogP contribution in [0.5, 0.6) is 0 Å². The van der Waals surface area contributed by atoms with E-state index in [9.17, 15) is 19.2 Å². The predicted molar refractivity (Wildman–Crippen MR) is 132 cm³/mol. The van der Waals surface area contributed by atoms with E-state index in [-0.39, 0.29) is 18.7 Å². The van der Waals surface area contributed by atoms with Gasteiger partial charge in [0.15, 0.2) is 0 Å². The van der Waals surface area contributed by atoms with Crippen molar-refractivity contribution in [1.82, 2.24) is 16.0 Å². The number of ether oxygens (including phenoxy) is 1. The van der Waals surface area contributed by atoms with Crippen molar-refractivity contribution in [3.63, 3.8) is 0 Å². The van der Waals surface area contributed by atoms with Crippen molar-refractivity contribution in [2.75, 3.05) is 21.3 Å². The minimum atomic E-state index is -1.04. The van der Waals surface area contributed by atoms with Crippen LogP contribution in [0.15, 0.2) is 54.6 Å². The van der Waals surface area contributed by atoms with Crippen LogP contribution in [0.4, 0.5) is 0 Å². The third-order valence-electron chi connectivity index (χ3n) is 5.88. The molecule has 11 heteroatoms. The summed E-state index contributed by atoms with van der Waals surface area (Å²) >= 11 is 0. The van der Waals surface area contributed by atoms with Crippen LogP contribution in [0, 0.1) is 0 Å². The lowest BCUT2D eigenvalue weighted by Crippen LogP contribution is -2.63. The molecule has 3 atom stereocenters. The highest BCUT2D eigenvalue weighted by atomic mass is 16.6. The molecule has 0 unspecified atom stereocenters. The van der Waals surface area contributed by atoms with Gasteiger partial charge in [-0.2, -0.15) is 0 Å². The maximum atomic E-state index is 12.7. The number of hydrogen-bond donors (Lipinski definition) is 3. The quantitative estimate of drug-likeness (QED) is 0.283. The summed E-state index contributed by atoms with van der Waals surface area (Å²) in [5.74, 6) is -2.02. The van der Waals surface area contributed by atoms with E-state index in [0.29, 0.717) is 6.42 Å². The van der Waals surface area contributed by atoms with Gasteiger partial charge in [-0.1, -0.05) is 54.6 Å². The van der Waals surface area contributed by atoms with Crippen molar-refractivity contribution in [3.8, 4) is 0 Å². The first kappa shape index (κ1) is 26.9. The average molecular weight is 495 g/mol. The third kappa shape index (κ3) is 7.16. The zero-order chi connectivity index (χ0) is 26.1. The van der Waals surface area contributed by atoms with E-state index >= 15 is 0 Å². The summed E-state index contributed by atoms with van der Waals surface area (Å²) in [7, 11) is 3.78. The van der Waals surface area contributed by atoms with E-state index in [4.69, 9.17) is 14.0 Å². The monoisotopic (exact) mass is 495 g/mol. The molecule has 0 radical (unpaired) electrons.